The summed E-state index contributed by atoms with van der Waals surface area (Å²) in [5.74, 6) is -54.9. The summed E-state index contributed by atoms with van der Waals surface area (Å²) in [7, 11) is 0. The van der Waals surface area contributed by atoms with Crippen LogP contribution in [0.15, 0.2) is 0 Å². The predicted octanol–water partition coefficient (Wildman–Crippen LogP) is 4.03. The Morgan fingerprint density at radius 3 is 1.35 bits per heavy atom. The van der Waals surface area contributed by atoms with Crippen molar-refractivity contribution in [3.63, 3.8) is 0 Å². The Hall–Kier alpha value is -1.24. The van der Waals surface area contributed by atoms with Gasteiger partial charge in [0.1, 0.15) is 6.61 Å². The van der Waals surface area contributed by atoms with Crippen LogP contribution < -0.4 is 5.73 Å². The molecule has 0 heterocycles. The van der Waals surface area contributed by atoms with Gasteiger partial charge in [0.15, 0.2) is 0 Å². The molecule has 0 spiro atoms. The highest BCUT2D eigenvalue weighted by Gasteiger charge is 2.93. The molecule has 3 N–H and O–H groups in total. The Labute approximate surface area is 161 Å². The minimum absolute atomic E-state index is 0.782. The van der Waals surface area contributed by atoms with E-state index in [1.165, 1.54) is 0 Å². The zero-order chi connectivity index (χ0) is 25.5. The molecule has 3 nitrogen and oxygen atoms in total. The van der Waals surface area contributed by atoms with Crippen LogP contribution in [0.4, 0.5) is 70.2 Å². The van der Waals surface area contributed by atoms with Crippen molar-refractivity contribution in [2.24, 2.45) is 5.73 Å². The number of ether oxygens (including phenoxy) is 1. The van der Waals surface area contributed by atoms with Gasteiger partial charge in [0.25, 0.3) is 0 Å². The number of aliphatic hydroxyl groups is 1. The highest BCUT2D eigenvalue weighted by molar-refractivity contribution is 5.14. The van der Waals surface area contributed by atoms with Crippen molar-refractivity contribution >= 4 is 0 Å². The summed E-state index contributed by atoms with van der Waals surface area (Å²) in [5, 5.41) is 8.80. The molecule has 0 rings (SSSR count). The monoisotopic (exact) mass is 505 g/mol. The maximum atomic E-state index is 13.4. The van der Waals surface area contributed by atoms with Gasteiger partial charge in [-0.2, -0.15) is 61.5 Å². The summed E-state index contributed by atoms with van der Waals surface area (Å²) < 4.78 is 212. The van der Waals surface area contributed by atoms with Crippen LogP contribution in [0.1, 0.15) is 0 Å². The lowest BCUT2D eigenvalue weighted by atomic mass is 9.89. The normalized spacial score (nSPS) is 16.7. The van der Waals surface area contributed by atoms with E-state index in [2.05, 4.69) is 4.74 Å². The fourth-order valence-corrected chi connectivity index (χ4v) is 1.65. The maximum absolute atomic E-state index is 13.4. The third-order valence-corrected chi connectivity index (χ3v) is 3.60. The lowest BCUT2D eigenvalue weighted by molar-refractivity contribution is -0.448. The molecular weight excluding hydrogens is 494 g/mol. The van der Waals surface area contributed by atoms with Gasteiger partial charge in [-0.05, 0) is 0 Å². The second-order valence-corrected chi connectivity index (χ2v) is 5.90. The van der Waals surface area contributed by atoms with Crippen molar-refractivity contribution in [2.45, 2.75) is 54.0 Å². The van der Waals surface area contributed by atoms with Crippen molar-refractivity contribution in [1.29, 1.82) is 0 Å². The number of hydrogen-bond donors (Lipinski definition) is 2. The number of aliphatic hydroxyl groups excluding tert-OH is 1. The van der Waals surface area contributed by atoms with E-state index in [-0.39, 0.29) is 0 Å². The molecule has 0 bridgehead atoms. The molecule has 188 valence electrons. The van der Waals surface area contributed by atoms with Crippen LogP contribution in [0.25, 0.3) is 0 Å². The van der Waals surface area contributed by atoms with Crippen LogP contribution in [0.3, 0.4) is 0 Å². The van der Waals surface area contributed by atoms with Gasteiger partial charge in [0, 0.05) is 6.54 Å². The Kier molecular flexibility index (Phi) is 8.26. The lowest BCUT2D eigenvalue weighted by Gasteiger charge is -2.42. The van der Waals surface area contributed by atoms with Crippen LogP contribution in [0, 0.1) is 0 Å². The summed E-state index contributed by atoms with van der Waals surface area (Å²) in [6.07, 6.45) is -7.77. The first-order valence-electron chi connectivity index (χ1n) is 7.28. The van der Waals surface area contributed by atoms with Crippen molar-refractivity contribution in [2.75, 3.05) is 19.8 Å². The second kappa shape index (κ2) is 8.60. The Balaban J connectivity index is 6.25. The van der Waals surface area contributed by atoms with Gasteiger partial charge in [-0.3, -0.25) is 0 Å². The summed E-state index contributed by atoms with van der Waals surface area (Å²) >= 11 is 0. The number of alkyl halides is 16. The smallest absolute Gasteiger partial charge is 0.384 e. The molecule has 1 atom stereocenters. The van der Waals surface area contributed by atoms with E-state index in [9.17, 15) is 70.2 Å². The average Bonchev–Trinajstić information content (AvgIpc) is 2.59. The Morgan fingerprint density at radius 2 is 1.00 bits per heavy atom. The van der Waals surface area contributed by atoms with Crippen molar-refractivity contribution in [3.8, 4) is 0 Å². The molecule has 0 saturated carbocycles. The molecular formula is C12H11F16NO2. The third-order valence-electron chi connectivity index (χ3n) is 3.60. The molecule has 0 aromatic rings. The fraction of sp³-hybridized carbons (Fsp3) is 1.00. The van der Waals surface area contributed by atoms with Gasteiger partial charge >= 0.3 is 47.9 Å². The van der Waals surface area contributed by atoms with Gasteiger partial charge in [-0.25, -0.2) is 8.78 Å². The van der Waals surface area contributed by atoms with Crippen LogP contribution in [-0.4, -0.2) is 78.9 Å². The minimum atomic E-state index is -8.44. The largest absolute Gasteiger partial charge is 0.389 e. The van der Waals surface area contributed by atoms with Crippen molar-refractivity contribution in [3.05, 3.63) is 0 Å². The molecule has 0 aliphatic carbocycles. The lowest BCUT2D eigenvalue weighted by Crippen LogP contribution is -2.74. The molecule has 0 radical (unpaired) electrons. The van der Waals surface area contributed by atoms with Crippen LogP contribution in [-0.2, 0) is 4.74 Å². The van der Waals surface area contributed by atoms with Crippen molar-refractivity contribution < 1.29 is 80.1 Å². The molecule has 0 amide bonds. The first-order chi connectivity index (χ1) is 13.4. The Morgan fingerprint density at radius 1 is 0.645 bits per heavy atom. The molecule has 19 heteroatoms. The first kappa shape index (κ1) is 29.8. The fourth-order valence-electron chi connectivity index (χ4n) is 1.65. The molecule has 0 fully saturated rings. The summed E-state index contributed by atoms with van der Waals surface area (Å²) in [5.41, 5.74) is 4.73. The average molecular weight is 505 g/mol. The predicted molar refractivity (Wildman–Crippen MR) is 66.5 cm³/mol. The van der Waals surface area contributed by atoms with Gasteiger partial charge < -0.3 is 15.6 Å². The number of halogens is 16. The maximum Gasteiger partial charge on any atom is 0.384 e. The second-order valence-electron chi connectivity index (χ2n) is 5.90. The summed E-state index contributed by atoms with van der Waals surface area (Å²) in [4.78, 5) is 0. The number of nitrogens with two attached hydrogens (primary N) is 1. The molecule has 0 unspecified atom stereocenters. The third kappa shape index (κ3) is 4.49. The molecule has 31 heavy (non-hydrogen) atoms. The highest BCUT2D eigenvalue weighted by Crippen LogP contribution is 2.62. The van der Waals surface area contributed by atoms with Crippen LogP contribution in [0.2, 0.25) is 0 Å². The SMILES string of the molecule is NC[C@H](O)COCC(F)(F)C(F)(F)C(F)(F)C(F)(F)C(F)(F)C(F)(F)C(F)(F)C(F)F. The molecule has 0 aromatic heterocycles. The quantitative estimate of drug-likeness (QED) is 0.394. The van der Waals surface area contributed by atoms with E-state index >= 15 is 0 Å². The van der Waals surface area contributed by atoms with E-state index in [0.29, 0.717) is 0 Å². The van der Waals surface area contributed by atoms with Crippen LogP contribution >= 0.6 is 0 Å². The Bertz CT molecular complexity index is 607. The van der Waals surface area contributed by atoms with E-state index in [4.69, 9.17) is 10.8 Å². The van der Waals surface area contributed by atoms with Crippen molar-refractivity contribution in [1.82, 2.24) is 0 Å². The zero-order valence-corrected chi connectivity index (χ0v) is 14.3. The van der Waals surface area contributed by atoms with E-state index in [1.807, 2.05) is 0 Å². The molecule has 0 saturated heterocycles. The topological polar surface area (TPSA) is 55.5 Å². The van der Waals surface area contributed by atoms with Crippen LogP contribution in [0.5, 0.6) is 0 Å². The molecule has 0 aliphatic heterocycles. The van der Waals surface area contributed by atoms with E-state index in [1.54, 1.807) is 0 Å². The van der Waals surface area contributed by atoms with E-state index < -0.39 is 73.7 Å². The molecule has 0 aromatic carbocycles. The van der Waals surface area contributed by atoms with E-state index in [0.717, 1.165) is 0 Å². The number of hydrogen-bond acceptors (Lipinski definition) is 3. The van der Waals surface area contributed by atoms with Gasteiger partial charge in [0.05, 0.1) is 12.7 Å². The summed E-state index contributed by atoms with van der Waals surface area (Å²) in [6, 6.07) is 0. The minimum Gasteiger partial charge on any atom is -0.389 e. The first-order valence-corrected chi connectivity index (χ1v) is 7.28. The standard InChI is InChI=1S/C12H11F16NO2/c13-5(14)7(17,18)9(21,22)11(25,26)12(27,28)10(23,24)8(19,20)6(15,16)3-31-2-4(30)1-29/h4-5,30H,1-3,29H2/t4-/m0/s1. The number of rotatable bonds is 12. The van der Waals surface area contributed by atoms with Gasteiger partial charge in [0.2, 0.25) is 0 Å². The zero-order valence-electron chi connectivity index (χ0n) is 14.3. The summed E-state index contributed by atoms with van der Waals surface area (Å²) in [6.45, 7) is -5.19. The van der Waals surface area contributed by atoms with Gasteiger partial charge in [-0.15, -0.1) is 0 Å². The van der Waals surface area contributed by atoms with Gasteiger partial charge in [-0.1, -0.05) is 0 Å². The molecule has 0 aliphatic rings. The highest BCUT2D eigenvalue weighted by atomic mass is 19.4.